The van der Waals surface area contributed by atoms with Crippen molar-refractivity contribution < 1.29 is 13.2 Å². The van der Waals surface area contributed by atoms with Crippen LogP contribution >= 0.6 is 22.9 Å². The van der Waals surface area contributed by atoms with E-state index in [-0.39, 0.29) is 4.90 Å². The van der Waals surface area contributed by atoms with Gasteiger partial charge < -0.3 is 5.32 Å². The third-order valence-electron chi connectivity index (χ3n) is 2.36. The number of sulfone groups is 1. The van der Waals surface area contributed by atoms with Crippen LogP contribution in [-0.4, -0.2) is 25.1 Å². The van der Waals surface area contributed by atoms with Gasteiger partial charge in [0.25, 0.3) is 0 Å². The number of rotatable bonds is 4. The van der Waals surface area contributed by atoms with Gasteiger partial charge in [0, 0.05) is 16.1 Å². The Morgan fingerprint density at radius 2 is 2.00 bits per heavy atom. The monoisotopic (exact) mass is 330 g/mol. The summed E-state index contributed by atoms with van der Waals surface area (Å²) >= 11 is 6.98. The van der Waals surface area contributed by atoms with E-state index in [1.165, 1.54) is 35.6 Å². The molecule has 0 saturated heterocycles. The molecule has 8 heteroatoms. The third-order valence-corrected chi connectivity index (χ3v) is 5.07. The van der Waals surface area contributed by atoms with Crippen molar-refractivity contribution in [1.29, 1.82) is 0 Å². The van der Waals surface area contributed by atoms with Crippen LogP contribution in [0.25, 0.3) is 0 Å². The molecule has 0 aliphatic heterocycles. The predicted molar refractivity (Wildman–Crippen MR) is 79.0 cm³/mol. The normalized spacial score (nSPS) is 11.3. The zero-order chi connectivity index (χ0) is 14.8. The Bertz CT molecular complexity index is 723. The van der Waals surface area contributed by atoms with Gasteiger partial charge in [0.2, 0.25) is 5.91 Å². The lowest BCUT2D eigenvalue weighted by Crippen LogP contribution is -2.22. The van der Waals surface area contributed by atoms with Gasteiger partial charge >= 0.3 is 0 Å². The largest absolute Gasteiger partial charge is 0.301 e. The fourth-order valence-electron chi connectivity index (χ4n) is 1.47. The molecule has 1 heterocycles. The summed E-state index contributed by atoms with van der Waals surface area (Å²) < 4.78 is 24.1. The number of aromatic nitrogens is 1. The standard InChI is InChI=1S/C12H11ClN2O3S2/c1-8-6-14-12(19-8)15-11(16)7-20(17,18)10-4-2-9(13)3-5-10/h2-6H,7H2,1H3,(H,14,15,16). The molecule has 2 aromatic rings. The number of hydrogen-bond acceptors (Lipinski definition) is 5. The van der Waals surface area contributed by atoms with Crippen LogP contribution in [0.1, 0.15) is 4.88 Å². The second kappa shape index (κ2) is 5.90. The van der Waals surface area contributed by atoms with Gasteiger partial charge in [0.15, 0.2) is 15.0 Å². The lowest BCUT2D eigenvalue weighted by atomic mass is 10.4. The highest BCUT2D eigenvalue weighted by molar-refractivity contribution is 7.92. The zero-order valence-electron chi connectivity index (χ0n) is 10.5. The number of hydrogen-bond donors (Lipinski definition) is 1. The summed E-state index contributed by atoms with van der Waals surface area (Å²) in [5, 5.41) is 3.29. The van der Waals surface area contributed by atoms with E-state index in [0.717, 1.165) is 4.88 Å². The van der Waals surface area contributed by atoms with E-state index >= 15 is 0 Å². The second-order valence-corrected chi connectivity index (χ2v) is 7.70. The number of aryl methyl sites for hydroxylation is 1. The van der Waals surface area contributed by atoms with Crippen LogP contribution in [0.2, 0.25) is 5.02 Å². The van der Waals surface area contributed by atoms with Gasteiger partial charge in [-0.05, 0) is 31.2 Å². The van der Waals surface area contributed by atoms with E-state index in [9.17, 15) is 13.2 Å². The van der Waals surface area contributed by atoms with Gasteiger partial charge in [0.1, 0.15) is 5.75 Å². The molecule has 0 saturated carbocycles. The average Bonchev–Trinajstić information content (AvgIpc) is 2.74. The van der Waals surface area contributed by atoms with Crippen LogP contribution in [0.4, 0.5) is 5.13 Å². The number of amides is 1. The fraction of sp³-hybridized carbons (Fsp3) is 0.167. The molecule has 1 aromatic carbocycles. The van der Waals surface area contributed by atoms with Crippen molar-refractivity contribution in [3.8, 4) is 0 Å². The van der Waals surface area contributed by atoms with Crippen molar-refractivity contribution in [2.75, 3.05) is 11.1 Å². The molecular weight excluding hydrogens is 320 g/mol. The molecule has 0 aliphatic rings. The van der Waals surface area contributed by atoms with E-state index in [4.69, 9.17) is 11.6 Å². The lowest BCUT2D eigenvalue weighted by Gasteiger charge is -2.04. The minimum atomic E-state index is -3.68. The Labute approximate surface area is 125 Å². The maximum Gasteiger partial charge on any atom is 0.241 e. The molecule has 0 atom stereocenters. The van der Waals surface area contributed by atoms with Crippen molar-refractivity contribution in [3.63, 3.8) is 0 Å². The number of thiazole rings is 1. The molecule has 0 radical (unpaired) electrons. The van der Waals surface area contributed by atoms with Crippen molar-refractivity contribution in [2.24, 2.45) is 0 Å². The minimum absolute atomic E-state index is 0.0624. The summed E-state index contributed by atoms with van der Waals surface area (Å²) in [7, 11) is -3.68. The highest BCUT2D eigenvalue weighted by Gasteiger charge is 2.19. The van der Waals surface area contributed by atoms with E-state index in [0.29, 0.717) is 10.2 Å². The maximum absolute atomic E-state index is 12.0. The van der Waals surface area contributed by atoms with Crippen molar-refractivity contribution in [1.82, 2.24) is 4.98 Å². The zero-order valence-corrected chi connectivity index (χ0v) is 12.8. The quantitative estimate of drug-likeness (QED) is 0.934. The number of benzene rings is 1. The van der Waals surface area contributed by atoms with E-state index in [1.807, 2.05) is 6.92 Å². The summed E-state index contributed by atoms with van der Waals surface area (Å²) in [5.74, 6) is -1.25. The first kappa shape index (κ1) is 15.0. The molecule has 20 heavy (non-hydrogen) atoms. The lowest BCUT2D eigenvalue weighted by molar-refractivity contribution is -0.113. The number of nitrogens with zero attached hydrogens (tertiary/aromatic N) is 1. The van der Waals surface area contributed by atoms with Gasteiger partial charge in [-0.15, -0.1) is 11.3 Å². The summed E-state index contributed by atoms with van der Waals surface area (Å²) in [5.41, 5.74) is 0. The van der Waals surface area contributed by atoms with Crippen molar-refractivity contribution in [3.05, 3.63) is 40.4 Å². The van der Waals surface area contributed by atoms with Gasteiger partial charge in [0.05, 0.1) is 4.90 Å². The van der Waals surface area contributed by atoms with Crippen LogP contribution < -0.4 is 5.32 Å². The third kappa shape index (κ3) is 3.78. The van der Waals surface area contributed by atoms with E-state index in [2.05, 4.69) is 10.3 Å². The van der Waals surface area contributed by atoms with Crippen LogP contribution in [0.15, 0.2) is 35.4 Å². The fourth-order valence-corrected chi connectivity index (χ4v) is 3.41. The molecule has 1 amide bonds. The van der Waals surface area contributed by atoms with Gasteiger partial charge in [-0.25, -0.2) is 13.4 Å². The average molecular weight is 331 g/mol. The molecule has 0 aliphatic carbocycles. The first-order valence-electron chi connectivity index (χ1n) is 5.57. The molecule has 106 valence electrons. The first-order valence-corrected chi connectivity index (χ1v) is 8.42. The number of carbonyl (C=O) groups excluding carboxylic acids is 1. The summed E-state index contributed by atoms with van der Waals surface area (Å²) in [6.45, 7) is 1.85. The summed E-state index contributed by atoms with van der Waals surface area (Å²) in [6.07, 6.45) is 1.61. The minimum Gasteiger partial charge on any atom is -0.301 e. The van der Waals surface area contributed by atoms with Gasteiger partial charge in [-0.2, -0.15) is 0 Å². The summed E-state index contributed by atoms with van der Waals surface area (Å²) in [6, 6.07) is 5.68. The Morgan fingerprint density at radius 3 is 2.55 bits per heavy atom. The van der Waals surface area contributed by atoms with E-state index in [1.54, 1.807) is 6.20 Å². The number of nitrogens with one attached hydrogen (secondary N) is 1. The Morgan fingerprint density at radius 1 is 1.35 bits per heavy atom. The maximum atomic E-state index is 12.0. The molecule has 0 fully saturated rings. The predicted octanol–water partition coefficient (Wildman–Crippen LogP) is 2.52. The molecule has 0 spiro atoms. The topological polar surface area (TPSA) is 76.1 Å². The number of carbonyl (C=O) groups is 1. The van der Waals surface area contributed by atoms with Crippen LogP contribution in [0.3, 0.4) is 0 Å². The van der Waals surface area contributed by atoms with E-state index < -0.39 is 21.5 Å². The molecule has 0 unspecified atom stereocenters. The molecule has 1 aromatic heterocycles. The Kier molecular flexibility index (Phi) is 4.42. The Hall–Kier alpha value is -1.44. The number of anilines is 1. The first-order chi connectivity index (χ1) is 9.37. The van der Waals surface area contributed by atoms with Gasteiger partial charge in [-0.1, -0.05) is 11.6 Å². The van der Waals surface area contributed by atoms with Crippen LogP contribution in [0, 0.1) is 6.92 Å². The highest BCUT2D eigenvalue weighted by Crippen LogP contribution is 2.18. The SMILES string of the molecule is Cc1cnc(NC(=O)CS(=O)(=O)c2ccc(Cl)cc2)s1. The molecular formula is C12H11ClN2O3S2. The Balaban J connectivity index is 2.08. The number of halogens is 1. The second-order valence-electron chi connectivity index (χ2n) is 4.04. The van der Waals surface area contributed by atoms with Crippen molar-refractivity contribution >= 4 is 43.8 Å². The highest BCUT2D eigenvalue weighted by atomic mass is 35.5. The van der Waals surface area contributed by atoms with Crippen LogP contribution in [0.5, 0.6) is 0 Å². The smallest absolute Gasteiger partial charge is 0.241 e. The molecule has 5 nitrogen and oxygen atoms in total. The molecule has 1 N–H and O–H groups in total. The summed E-state index contributed by atoms with van der Waals surface area (Å²) in [4.78, 5) is 16.7. The molecule has 0 bridgehead atoms. The van der Waals surface area contributed by atoms with Gasteiger partial charge in [-0.3, -0.25) is 4.79 Å². The van der Waals surface area contributed by atoms with Crippen LogP contribution in [-0.2, 0) is 14.6 Å². The molecule has 2 rings (SSSR count). The van der Waals surface area contributed by atoms with Crippen molar-refractivity contribution in [2.45, 2.75) is 11.8 Å².